The first kappa shape index (κ1) is 42.3. The van der Waals surface area contributed by atoms with Gasteiger partial charge in [-0.25, -0.2) is 0 Å². The number of hydrogen-bond acceptors (Lipinski definition) is 5. The van der Waals surface area contributed by atoms with Gasteiger partial charge in [0.1, 0.15) is 0 Å². The smallest absolute Gasteiger partial charge is 0.151 e. The van der Waals surface area contributed by atoms with E-state index in [-0.39, 0.29) is 0 Å². The van der Waals surface area contributed by atoms with Crippen LogP contribution in [0.3, 0.4) is 0 Å². The van der Waals surface area contributed by atoms with Crippen molar-refractivity contribution >= 4 is 90.1 Å². The van der Waals surface area contributed by atoms with Gasteiger partial charge in [0.15, 0.2) is 11.5 Å². The van der Waals surface area contributed by atoms with Crippen LogP contribution in [0, 0.1) is 0 Å². The summed E-state index contributed by atoms with van der Waals surface area (Å²) in [7, 11) is 0. The Morgan fingerprint density at radius 2 is 0.653 bits per heavy atom. The number of anilines is 12. The van der Waals surface area contributed by atoms with Gasteiger partial charge in [-0.1, -0.05) is 146 Å². The molecule has 0 saturated heterocycles. The van der Waals surface area contributed by atoms with E-state index >= 15 is 0 Å². The molecule has 0 radical (unpaired) electrons. The number of ether oxygens (including phenoxy) is 1. The van der Waals surface area contributed by atoms with Gasteiger partial charge < -0.3 is 28.9 Å². The first-order valence-corrected chi connectivity index (χ1v) is 24.3. The summed E-state index contributed by atoms with van der Waals surface area (Å²) in [6.45, 7) is 0. The zero-order chi connectivity index (χ0) is 47.8. The van der Waals surface area contributed by atoms with Gasteiger partial charge in [0, 0.05) is 56.3 Å². The van der Waals surface area contributed by atoms with Crippen molar-refractivity contribution in [1.29, 1.82) is 0 Å². The Balaban J connectivity index is 1.07. The highest BCUT2D eigenvalue weighted by Gasteiger charge is 2.29. The van der Waals surface area contributed by atoms with Crippen molar-refractivity contribution in [3.8, 4) is 17.2 Å². The maximum Gasteiger partial charge on any atom is 0.151 e. The Labute approximate surface area is 419 Å². The van der Waals surface area contributed by atoms with E-state index in [4.69, 9.17) is 4.74 Å². The zero-order valence-electron chi connectivity index (χ0n) is 39.3. The van der Waals surface area contributed by atoms with Gasteiger partial charge in [0.2, 0.25) is 0 Å². The third kappa shape index (κ3) is 7.64. The van der Waals surface area contributed by atoms with Gasteiger partial charge in [-0.15, -0.1) is 0 Å². The maximum atomic E-state index is 6.68. The second-order valence-corrected chi connectivity index (χ2v) is 17.8. The van der Waals surface area contributed by atoms with E-state index in [9.17, 15) is 0 Å². The van der Waals surface area contributed by atoms with E-state index in [1.54, 1.807) is 0 Å². The van der Waals surface area contributed by atoms with Crippen molar-refractivity contribution in [2.75, 3.05) is 19.6 Å². The molecule has 0 spiro atoms. The highest BCUT2D eigenvalue weighted by atomic mass is 16.5. The SMILES string of the molecule is c1ccc(N(c2ccccc2)c2cc(N(c3ccccc3)c3ccc4c(c3)N(c3ccccc3)c3ccccc3O4)cc(N(c3ccccc3)c3ccc4c5ccccc5n(-c5ccccc5)c4c3)c2)cc1. The average Bonchev–Trinajstić information content (AvgIpc) is 3.78. The molecule has 6 heteroatoms. The van der Waals surface area contributed by atoms with Crippen LogP contribution in [0.15, 0.2) is 285 Å². The summed E-state index contributed by atoms with van der Waals surface area (Å²) in [6.07, 6.45) is 0. The van der Waals surface area contributed by atoms with Gasteiger partial charge in [0.05, 0.1) is 39.5 Å². The molecule has 2 heterocycles. The Hall–Kier alpha value is -9.78. The fourth-order valence-corrected chi connectivity index (χ4v) is 10.3. The van der Waals surface area contributed by atoms with Crippen molar-refractivity contribution in [2.45, 2.75) is 0 Å². The summed E-state index contributed by atoms with van der Waals surface area (Å²) < 4.78 is 9.07. The number of para-hydroxylation sites is 9. The predicted molar refractivity (Wildman–Crippen MR) is 300 cm³/mol. The maximum absolute atomic E-state index is 6.68. The van der Waals surface area contributed by atoms with Gasteiger partial charge in [-0.05, 0) is 140 Å². The van der Waals surface area contributed by atoms with Crippen molar-refractivity contribution in [1.82, 2.24) is 4.57 Å². The fourth-order valence-electron chi connectivity index (χ4n) is 10.3. The Morgan fingerprint density at radius 3 is 1.21 bits per heavy atom. The highest BCUT2D eigenvalue weighted by Crippen LogP contribution is 2.53. The fraction of sp³-hybridized carbons (Fsp3) is 0. The molecule has 0 fully saturated rings. The van der Waals surface area contributed by atoms with E-state index < -0.39 is 0 Å². The van der Waals surface area contributed by atoms with Crippen molar-refractivity contribution in [3.63, 3.8) is 0 Å². The topological polar surface area (TPSA) is 27.1 Å². The van der Waals surface area contributed by atoms with E-state index in [0.29, 0.717) is 0 Å². The number of benzene rings is 11. The molecule has 0 bridgehead atoms. The largest absolute Gasteiger partial charge is 0.453 e. The summed E-state index contributed by atoms with van der Waals surface area (Å²) in [6, 6.07) is 101. The third-order valence-corrected chi connectivity index (χ3v) is 13.4. The van der Waals surface area contributed by atoms with Crippen molar-refractivity contribution in [2.24, 2.45) is 0 Å². The van der Waals surface area contributed by atoms with Crippen LogP contribution in [-0.2, 0) is 0 Å². The first-order chi connectivity index (χ1) is 35.7. The van der Waals surface area contributed by atoms with Crippen molar-refractivity contribution < 1.29 is 4.74 Å². The van der Waals surface area contributed by atoms with Crippen LogP contribution >= 0.6 is 0 Å². The van der Waals surface area contributed by atoms with Crippen LogP contribution in [-0.4, -0.2) is 4.57 Å². The highest BCUT2D eigenvalue weighted by molar-refractivity contribution is 6.10. The molecule has 1 aliphatic heterocycles. The molecule has 0 saturated carbocycles. The van der Waals surface area contributed by atoms with E-state index in [1.807, 2.05) is 12.1 Å². The lowest BCUT2D eigenvalue weighted by Crippen LogP contribution is -2.18. The molecule has 0 atom stereocenters. The molecule has 1 aromatic heterocycles. The van der Waals surface area contributed by atoms with Crippen LogP contribution in [0.2, 0.25) is 0 Å². The van der Waals surface area contributed by atoms with Gasteiger partial charge in [-0.3, -0.25) is 0 Å². The van der Waals surface area contributed by atoms with E-state index in [1.165, 1.54) is 10.8 Å². The third-order valence-electron chi connectivity index (χ3n) is 13.4. The van der Waals surface area contributed by atoms with Gasteiger partial charge in [0.25, 0.3) is 0 Å². The van der Waals surface area contributed by atoms with Gasteiger partial charge >= 0.3 is 0 Å². The quantitative estimate of drug-likeness (QED) is 0.129. The number of fused-ring (bicyclic) bond motifs is 5. The molecule has 12 aromatic rings. The molecule has 72 heavy (non-hydrogen) atoms. The Bertz CT molecular complexity index is 3810. The molecule has 13 rings (SSSR count). The minimum Gasteiger partial charge on any atom is -0.453 e. The average molecular weight is 926 g/mol. The second-order valence-electron chi connectivity index (χ2n) is 17.8. The van der Waals surface area contributed by atoms with Crippen LogP contribution in [0.25, 0.3) is 27.5 Å². The molecule has 0 aliphatic carbocycles. The zero-order valence-corrected chi connectivity index (χ0v) is 39.3. The normalized spacial score (nSPS) is 11.7. The standard InChI is InChI=1S/C66H47N5O/c1-7-23-48(24-8-1)67(49-25-9-2-10-26-49)56-43-57(68(50-27-11-3-12-28-50)54-39-41-60-59-35-19-20-36-61(59)70(63(60)46-54)52-31-15-5-16-32-52)45-58(44-56)69(51-29-13-4-14-30-51)55-40-42-66-64(47-55)71(53-33-17-6-18-34-53)62-37-21-22-38-65(62)72-66/h1-47H. The Kier molecular flexibility index (Phi) is 10.7. The Morgan fingerprint density at radius 1 is 0.250 bits per heavy atom. The number of hydrogen-bond donors (Lipinski definition) is 0. The lowest BCUT2D eigenvalue weighted by Gasteiger charge is -2.35. The van der Waals surface area contributed by atoms with Crippen molar-refractivity contribution in [3.05, 3.63) is 285 Å². The summed E-state index contributed by atoms with van der Waals surface area (Å²) in [5.74, 6) is 1.59. The summed E-state index contributed by atoms with van der Waals surface area (Å²) in [5.41, 5.74) is 15.4. The summed E-state index contributed by atoms with van der Waals surface area (Å²) in [4.78, 5) is 9.41. The lowest BCUT2D eigenvalue weighted by atomic mass is 10.1. The van der Waals surface area contributed by atoms with Crippen LogP contribution < -0.4 is 24.3 Å². The van der Waals surface area contributed by atoms with Gasteiger partial charge in [-0.2, -0.15) is 0 Å². The molecular formula is C66H47N5O. The lowest BCUT2D eigenvalue weighted by molar-refractivity contribution is 0.477. The number of nitrogens with zero attached hydrogens (tertiary/aromatic N) is 5. The monoisotopic (exact) mass is 925 g/mol. The number of rotatable bonds is 11. The van der Waals surface area contributed by atoms with Crippen LogP contribution in [0.4, 0.5) is 68.2 Å². The van der Waals surface area contributed by atoms with Crippen LogP contribution in [0.1, 0.15) is 0 Å². The molecule has 6 nitrogen and oxygen atoms in total. The first-order valence-electron chi connectivity index (χ1n) is 24.3. The molecule has 0 N–H and O–H groups in total. The second kappa shape index (κ2) is 18.3. The summed E-state index contributed by atoms with van der Waals surface area (Å²) >= 11 is 0. The molecule has 342 valence electrons. The minimum atomic E-state index is 0.779. The molecule has 11 aromatic carbocycles. The van der Waals surface area contributed by atoms with E-state index in [0.717, 1.165) is 96.5 Å². The predicted octanol–water partition coefficient (Wildman–Crippen LogP) is 18.8. The minimum absolute atomic E-state index is 0.779. The number of aromatic nitrogens is 1. The molecular weight excluding hydrogens is 879 g/mol. The summed E-state index contributed by atoms with van der Waals surface area (Å²) in [5, 5.41) is 2.40. The van der Waals surface area contributed by atoms with E-state index in [2.05, 4.69) is 297 Å². The molecule has 0 amide bonds. The molecule has 0 unspecified atom stereocenters. The van der Waals surface area contributed by atoms with Crippen LogP contribution in [0.5, 0.6) is 11.5 Å². The molecule has 1 aliphatic rings.